The molecule has 2 unspecified atom stereocenters. The smallest absolute Gasteiger partial charge is 0.239 e. The Hall–Kier alpha value is -3.24. The second-order valence-electron chi connectivity index (χ2n) is 8.13. The van der Waals surface area contributed by atoms with Gasteiger partial charge in [-0.2, -0.15) is 0 Å². The summed E-state index contributed by atoms with van der Waals surface area (Å²) in [5.74, 6) is -2.26. The number of carbonyl (C=O) groups excluding carboxylic acids is 3. The second-order valence-corrected chi connectivity index (χ2v) is 8.57. The highest BCUT2D eigenvalue weighted by molar-refractivity contribution is 6.31. The van der Waals surface area contributed by atoms with Crippen LogP contribution in [0, 0.1) is 11.8 Å². The molecular formula is C25H16ClNO3. The Morgan fingerprint density at radius 3 is 2.07 bits per heavy atom. The molecule has 7 rings (SSSR count). The van der Waals surface area contributed by atoms with Crippen molar-refractivity contribution in [1.82, 2.24) is 0 Å². The molecule has 0 radical (unpaired) electrons. The van der Waals surface area contributed by atoms with E-state index in [0.717, 1.165) is 28.5 Å². The highest BCUT2D eigenvalue weighted by atomic mass is 35.5. The van der Waals surface area contributed by atoms with Crippen LogP contribution in [0.2, 0.25) is 5.02 Å². The molecule has 0 aromatic heterocycles. The third-order valence-electron chi connectivity index (χ3n) is 6.94. The van der Waals surface area contributed by atoms with Crippen LogP contribution in [0.15, 0.2) is 72.8 Å². The maximum absolute atomic E-state index is 13.7. The molecule has 0 saturated carbocycles. The van der Waals surface area contributed by atoms with Crippen LogP contribution in [0.25, 0.3) is 0 Å². The minimum absolute atomic E-state index is 0.259. The molecule has 3 aromatic rings. The Morgan fingerprint density at radius 1 is 0.833 bits per heavy atom. The van der Waals surface area contributed by atoms with E-state index in [0.29, 0.717) is 10.7 Å². The van der Waals surface area contributed by atoms with Crippen LogP contribution < -0.4 is 4.90 Å². The zero-order chi connectivity index (χ0) is 20.6. The van der Waals surface area contributed by atoms with Gasteiger partial charge in [0.05, 0.1) is 22.9 Å². The zero-order valence-corrected chi connectivity index (χ0v) is 16.5. The monoisotopic (exact) mass is 413 g/mol. The van der Waals surface area contributed by atoms with Crippen LogP contribution in [-0.2, 0) is 19.8 Å². The third kappa shape index (κ3) is 1.90. The topological polar surface area (TPSA) is 54.5 Å². The molecule has 2 bridgehead atoms. The van der Waals surface area contributed by atoms with Crippen molar-refractivity contribution in [3.8, 4) is 0 Å². The van der Waals surface area contributed by atoms with Gasteiger partial charge in [0.2, 0.25) is 11.8 Å². The van der Waals surface area contributed by atoms with Gasteiger partial charge in [0, 0.05) is 10.9 Å². The number of halogens is 1. The van der Waals surface area contributed by atoms with E-state index < -0.39 is 17.3 Å². The van der Waals surface area contributed by atoms with E-state index in [4.69, 9.17) is 11.6 Å². The third-order valence-corrected chi connectivity index (χ3v) is 7.17. The average molecular weight is 414 g/mol. The first-order valence-electron chi connectivity index (χ1n) is 9.88. The van der Waals surface area contributed by atoms with Gasteiger partial charge in [-0.05, 0) is 40.5 Å². The van der Waals surface area contributed by atoms with Crippen molar-refractivity contribution in [3.05, 3.63) is 100 Å². The molecule has 3 aliphatic carbocycles. The Balaban J connectivity index is 1.66. The van der Waals surface area contributed by atoms with Crippen LogP contribution in [0.3, 0.4) is 0 Å². The summed E-state index contributed by atoms with van der Waals surface area (Å²) in [5, 5.41) is 0.447. The Morgan fingerprint density at radius 2 is 1.47 bits per heavy atom. The number of aldehydes is 1. The summed E-state index contributed by atoms with van der Waals surface area (Å²) < 4.78 is 0. The molecule has 3 aromatic carbocycles. The quantitative estimate of drug-likeness (QED) is 0.469. The lowest BCUT2D eigenvalue weighted by Gasteiger charge is -2.51. The minimum atomic E-state index is -1.17. The fourth-order valence-electron chi connectivity index (χ4n) is 5.90. The van der Waals surface area contributed by atoms with Crippen molar-refractivity contribution >= 4 is 35.4 Å². The van der Waals surface area contributed by atoms with Gasteiger partial charge in [0.1, 0.15) is 6.29 Å². The molecule has 0 N–H and O–H groups in total. The van der Waals surface area contributed by atoms with Gasteiger partial charge in [0.25, 0.3) is 0 Å². The summed E-state index contributed by atoms with van der Waals surface area (Å²) >= 11 is 6.14. The van der Waals surface area contributed by atoms with E-state index in [9.17, 15) is 14.4 Å². The number of rotatable bonds is 2. The van der Waals surface area contributed by atoms with Crippen LogP contribution >= 0.6 is 11.6 Å². The van der Waals surface area contributed by atoms with Crippen molar-refractivity contribution in [2.24, 2.45) is 11.8 Å². The predicted octanol–water partition coefficient (Wildman–Crippen LogP) is 4.09. The Labute approximate surface area is 178 Å². The van der Waals surface area contributed by atoms with Gasteiger partial charge in [-0.15, -0.1) is 0 Å². The van der Waals surface area contributed by atoms with E-state index >= 15 is 0 Å². The van der Waals surface area contributed by atoms with E-state index in [1.807, 2.05) is 48.5 Å². The molecule has 1 saturated heterocycles. The number of amides is 2. The molecule has 5 heteroatoms. The van der Waals surface area contributed by atoms with Crippen molar-refractivity contribution in [3.63, 3.8) is 0 Å². The SMILES string of the molecule is O=CC12c3ccccc3C(c3ccccc31)C1C(=O)N(c3cccc(Cl)c3)C(=O)C12. The number of benzene rings is 3. The number of hydrogen-bond acceptors (Lipinski definition) is 3. The number of anilines is 1. The van der Waals surface area contributed by atoms with Crippen molar-refractivity contribution in [1.29, 1.82) is 0 Å². The van der Waals surface area contributed by atoms with Crippen molar-refractivity contribution in [2.75, 3.05) is 4.90 Å². The van der Waals surface area contributed by atoms with Gasteiger partial charge < -0.3 is 4.79 Å². The summed E-state index contributed by atoms with van der Waals surface area (Å²) in [5.41, 5.74) is 2.85. The maximum atomic E-state index is 13.7. The predicted molar refractivity (Wildman–Crippen MR) is 112 cm³/mol. The standard InChI is InChI=1S/C25H16ClNO3/c26-14-6-5-7-15(12-14)27-23(29)21-20-16-8-1-3-10-18(16)25(13-28,22(21)24(27)30)19-11-4-2-9-17(19)20/h1-13,20-22H. The molecule has 1 fully saturated rings. The lowest BCUT2D eigenvalue weighted by atomic mass is 9.48. The first kappa shape index (κ1) is 17.6. The minimum Gasteiger partial charge on any atom is -0.302 e. The van der Waals surface area contributed by atoms with Gasteiger partial charge in [-0.1, -0.05) is 66.2 Å². The van der Waals surface area contributed by atoms with Crippen LogP contribution in [0.4, 0.5) is 5.69 Å². The van der Waals surface area contributed by atoms with Gasteiger partial charge in [-0.25, -0.2) is 4.90 Å². The Kier molecular flexibility index (Phi) is 3.46. The molecule has 146 valence electrons. The summed E-state index contributed by atoms with van der Waals surface area (Å²) in [7, 11) is 0. The van der Waals surface area contributed by atoms with E-state index in [1.54, 1.807) is 24.3 Å². The molecule has 1 heterocycles. The lowest BCUT2D eigenvalue weighted by Crippen LogP contribution is -2.54. The highest BCUT2D eigenvalue weighted by Gasteiger charge is 2.68. The molecule has 4 nitrogen and oxygen atoms in total. The van der Waals surface area contributed by atoms with Gasteiger partial charge in [0.15, 0.2) is 0 Å². The van der Waals surface area contributed by atoms with Crippen LogP contribution in [0.1, 0.15) is 28.2 Å². The maximum Gasteiger partial charge on any atom is 0.239 e. The first-order valence-corrected chi connectivity index (χ1v) is 10.3. The van der Waals surface area contributed by atoms with E-state index in [2.05, 4.69) is 0 Å². The molecule has 1 aliphatic heterocycles. The Bertz CT molecular complexity index is 1220. The number of hydrogen-bond donors (Lipinski definition) is 0. The second kappa shape index (κ2) is 5.89. The zero-order valence-electron chi connectivity index (χ0n) is 15.8. The van der Waals surface area contributed by atoms with Gasteiger partial charge in [-0.3, -0.25) is 9.59 Å². The first-order chi connectivity index (χ1) is 14.6. The number of nitrogens with zero attached hydrogens (tertiary/aromatic N) is 1. The molecule has 4 aliphatic rings. The lowest BCUT2D eigenvalue weighted by molar-refractivity contribution is -0.128. The van der Waals surface area contributed by atoms with E-state index in [-0.39, 0.29) is 17.7 Å². The largest absolute Gasteiger partial charge is 0.302 e. The molecule has 30 heavy (non-hydrogen) atoms. The van der Waals surface area contributed by atoms with Crippen molar-refractivity contribution in [2.45, 2.75) is 11.3 Å². The highest BCUT2D eigenvalue weighted by Crippen LogP contribution is 2.63. The molecule has 2 amide bonds. The van der Waals surface area contributed by atoms with Crippen LogP contribution in [-0.4, -0.2) is 18.1 Å². The average Bonchev–Trinajstić information content (AvgIpc) is 3.05. The summed E-state index contributed by atoms with van der Waals surface area (Å²) in [4.78, 5) is 41.5. The summed E-state index contributed by atoms with van der Waals surface area (Å²) in [6.45, 7) is 0. The normalized spacial score (nSPS) is 28.2. The number of imide groups is 1. The summed E-state index contributed by atoms with van der Waals surface area (Å²) in [6, 6.07) is 22.1. The molecule has 2 atom stereocenters. The van der Waals surface area contributed by atoms with Crippen molar-refractivity contribution < 1.29 is 14.4 Å². The van der Waals surface area contributed by atoms with E-state index in [1.165, 1.54) is 4.90 Å². The fraction of sp³-hybridized carbons (Fsp3) is 0.160. The molecular weight excluding hydrogens is 398 g/mol. The van der Waals surface area contributed by atoms with Gasteiger partial charge >= 0.3 is 0 Å². The van der Waals surface area contributed by atoms with Crippen LogP contribution in [0.5, 0.6) is 0 Å². The fourth-order valence-corrected chi connectivity index (χ4v) is 6.08. The number of carbonyl (C=O) groups is 3. The molecule has 0 spiro atoms. The summed E-state index contributed by atoms with van der Waals surface area (Å²) in [6.07, 6.45) is 0.879.